The van der Waals surface area contributed by atoms with Gasteiger partial charge in [0.2, 0.25) is 0 Å². The van der Waals surface area contributed by atoms with E-state index in [1.165, 1.54) is 12.8 Å². The highest BCUT2D eigenvalue weighted by molar-refractivity contribution is 5.74. The fraction of sp³-hybridized carbons (Fsp3) is 0.464. The van der Waals surface area contributed by atoms with E-state index in [2.05, 4.69) is 13.8 Å². The summed E-state index contributed by atoms with van der Waals surface area (Å²) in [4.78, 5) is 29.6. The molecule has 0 fully saturated rings. The van der Waals surface area contributed by atoms with Gasteiger partial charge in [-0.2, -0.15) is 0 Å². The Morgan fingerprint density at radius 3 is 1.03 bits per heavy atom. The van der Waals surface area contributed by atoms with E-state index in [0.717, 1.165) is 30.1 Å². The Morgan fingerprint density at radius 1 is 0.656 bits per heavy atom. The average Bonchev–Trinajstić information content (AvgIpc) is 2.83. The van der Waals surface area contributed by atoms with Crippen LogP contribution in [0, 0.1) is 0 Å². The van der Waals surface area contributed by atoms with Gasteiger partial charge in [0.1, 0.15) is 12.6 Å². The Balaban J connectivity index is -0.0000000671. The van der Waals surface area contributed by atoms with Crippen LogP contribution in [0.15, 0.2) is 60.7 Å². The van der Waals surface area contributed by atoms with E-state index in [1.54, 1.807) is 24.3 Å². The molecule has 0 atom stereocenters. The van der Waals surface area contributed by atoms with Crippen molar-refractivity contribution in [2.45, 2.75) is 89.0 Å². The van der Waals surface area contributed by atoms with Crippen LogP contribution in [0.5, 0.6) is 0 Å². The van der Waals surface area contributed by atoms with Crippen molar-refractivity contribution in [2.24, 2.45) is 0 Å². The molecule has 0 aliphatic heterocycles. The predicted octanol–water partition coefficient (Wildman–Crippen LogP) is 9.00. The zero-order chi connectivity index (χ0) is 24.0. The molecule has 2 aromatic carbocycles. The Hall–Kier alpha value is -2.75. The van der Waals surface area contributed by atoms with Gasteiger partial charge in [-0.15, -0.1) is 0 Å². The van der Waals surface area contributed by atoms with Gasteiger partial charge in [-0.05, 0) is 6.42 Å². The molecule has 2 aromatic rings. The van der Waals surface area contributed by atoms with Gasteiger partial charge in [0.05, 0.1) is 0 Å². The fourth-order valence-electron chi connectivity index (χ4n) is 1.28. The molecule has 4 nitrogen and oxygen atoms in total. The maximum Gasteiger partial charge on any atom is 0.303 e. The number of benzene rings is 2. The molecule has 186 valence electrons. The van der Waals surface area contributed by atoms with Gasteiger partial charge in [0, 0.05) is 17.5 Å². The molecule has 0 bridgehead atoms. The quantitative estimate of drug-likeness (QED) is 0.461. The van der Waals surface area contributed by atoms with Crippen molar-refractivity contribution < 1.29 is 19.5 Å². The number of unbranched alkanes of at least 4 members (excludes halogenated alkanes) is 1. The molecule has 0 heterocycles. The molecule has 0 saturated heterocycles. The van der Waals surface area contributed by atoms with Crippen LogP contribution in [-0.2, 0) is 4.79 Å². The molecule has 0 saturated carbocycles. The largest absolute Gasteiger partial charge is 0.481 e. The first-order chi connectivity index (χ1) is 14.5. The van der Waals surface area contributed by atoms with E-state index >= 15 is 0 Å². The number of aldehydes is 2. The minimum Gasteiger partial charge on any atom is -0.481 e. The van der Waals surface area contributed by atoms with Crippen LogP contribution >= 0.6 is 0 Å². The summed E-state index contributed by atoms with van der Waals surface area (Å²) in [6, 6.07) is 18.2. The molecule has 32 heavy (non-hydrogen) atoms. The second kappa shape index (κ2) is 42.4. The Kier molecular flexibility index (Phi) is 57.2. The summed E-state index contributed by atoms with van der Waals surface area (Å²) >= 11 is 0. The van der Waals surface area contributed by atoms with Gasteiger partial charge in [0.15, 0.2) is 0 Å². The topological polar surface area (TPSA) is 71.4 Å². The maximum absolute atomic E-state index is 10.0. The molecule has 0 spiro atoms. The number of hydrogen-bond donors (Lipinski definition) is 1. The fourth-order valence-corrected chi connectivity index (χ4v) is 1.28. The second-order valence-electron chi connectivity index (χ2n) is 5.20. The summed E-state index contributed by atoms with van der Waals surface area (Å²) in [7, 11) is 0. The zero-order valence-electron chi connectivity index (χ0n) is 19.9. The molecular weight excluding hydrogens is 400 g/mol. The van der Waals surface area contributed by atoms with Crippen molar-refractivity contribution in [3.63, 3.8) is 0 Å². The van der Waals surface area contributed by atoms with Crippen molar-refractivity contribution in [1.29, 1.82) is 0 Å². The first kappa shape index (κ1) is 43.2. The summed E-state index contributed by atoms with van der Waals surface area (Å²) in [5.41, 5.74) is 1.46. The van der Waals surface area contributed by atoms with E-state index in [0.29, 0.717) is 6.42 Å². The molecular formula is C28H50O4. The van der Waals surface area contributed by atoms with Gasteiger partial charge in [-0.3, -0.25) is 14.4 Å². The third kappa shape index (κ3) is 41.6. The minimum atomic E-state index is -0.711. The van der Waals surface area contributed by atoms with E-state index in [4.69, 9.17) is 5.11 Å². The molecule has 0 unspecified atom stereocenters. The Morgan fingerprint density at radius 2 is 0.938 bits per heavy atom. The number of carbonyl (C=O) groups is 3. The average molecular weight is 451 g/mol. The third-order valence-corrected chi connectivity index (χ3v) is 2.84. The SMILES string of the molecule is C.C.CC.CC.CCCC.CCCC(=O)O.O=Cc1ccccc1.O=Cc1ccccc1. The maximum atomic E-state index is 10.0. The summed E-state index contributed by atoms with van der Waals surface area (Å²) in [5.74, 6) is -0.711. The number of carbonyl (C=O) groups excluding carboxylic acids is 2. The molecule has 0 aliphatic carbocycles. The second-order valence-corrected chi connectivity index (χ2v) is 5.20. The van der Waals surface area contributed by atoms with Crippen LogP contribution in [0.25, 0.3) is 0 Å². The van der Waals surface area contributed by atoms with Crippen LogP contribution in [0.1, 0.15) is 110 Å². The summed E-state index contributed by atoms with van der Waals surface area (Å²) in [5, 5.41) is 7.91. The zero-order valence-corrected chi connectivity index (χ0v) is 19.9. The number of rotatable bonds is 5. The van der Waals surface area contributed by atoms with Crippen LogP contribution < -0.4 is 0 Å². The van der Waals surface area contributed by atoms with Crippen LogP contribution in [-0.4, -0.2) is 23.6 Å². The number of carboxylic acid groups (broad SMARTS) is 1. The Labute approximate surface area is 199 Å². The van der Waals surface area contributed by atoms with Crippen LogP contribution in [0.2, 0.25) is 0 Å². The van der Waals surface area contributed by atoms with Crippen molar-refractivity contribution in [3.8, 4) is 0 Å². The van der Waals surface area contributed by atoms with Crippen molar-refractivity contribution in [1.82, 2.24) is 0 Å². The molecule has 0 aromatic heterocycles. The standard InChI is InChI=1S/2C7H6O.C4H8O2.C4H10.2C2H6.2CH4/c2*8-6-7-4-2-1-3-5-7;1-2-3-4(5)6;1-3-4-2;2*1-2;;/h2*1-6H;2-3H2,1H3,(H,5,6);3-4H2,1-2H3;2*1-2H3;2*1H4. The van der Waals surface area contributed by atoms with E-state index in [1.807, 2.05) is 71.0 Å². The van der Waals surface area contributed by atoms with Crippen LogP contribution in [0.3, 0.4) is 0 Å². The molecule has 0 amide bonds. The van der Waals surface area contributed by atoms with Crippen molar-refractivity contribution in [3.05, 3.63) is 71.8 Å². The highest BCUT2D eigenvalue weighted by Crippen LogP contribution is 1.92. The highest BCUT2D eigenvalue weighted by atomic mass is 16.4. The first-order valence-corrected chi connectivity index (χ1v) is 10.8. The first-order valence-electron chi connectivity index (χ1n) is 10.8. The van der Waals surface area contributed by atoms with Gasteiger partial charge in [0.25, 0.3) is 0 Å². The molecule has 0 aliphatic rings. The normalized spacial score (nSPS) is 7.09. The lowest BCUT2D eigenvalue weighted by Gasteiger charge is -1.81. The summed E-state index contributed by atoms with van der Waals surface area (Å²) in [6.07, 6.45) is 5.33. The van der Waals surface area contributed by atoms with Crippen LogP contribution in [0.4, 0.5) is 0 Å². The van der Waals surface area contributed by atoms with E-state index < -0.39 is 5.97 Å². The monoisotopic (exact) mass is 450 g/mol. The third-order valence-electron chi connectivity index (χ3n) is 2.84. The van der Waals surface area contributed by atoms with Gasteiger partial charge in [-0.25, -0.2) is 0 Å². The smallest absolute Gasteiger partial charge is 0.303 e. The lowest BCUT2D eigenvalue weighted by Crippen LogP contribution is -1.90. The van der Waals surface area contributed by atoms with Crippen molar-refractivity contribution >= 4 is 18.5 Å². The molecule has 1 N–H and O–H groups in total. The minimum absolute atomic E-state index is 0. The highest BCUT2D eigenvalue weighted by Gasteiger charge is 1.87. The number of hydrogen-bond acceptors (Lipinski definition) is 3. The summed E-state index contributed by atoms with van der Waals surface area (Å²) in [6.45, 7) is 14.2. The van der Waals surface area contributed by atoms with E-state index in [-0.39, 0.29) is 14.9 Å². The lowest BCUT2D eigenvalue weighted by molar-refractivity contribution is -0.137. The Bertz CT molecular complexity index is 521. The molecule has 0 radical (unpaired) electrons. The van der Waals surface area contributed by atoms with E-state index in [9.17, 15) is 14.4 Å². The number of carboxylic acids is 1. The lowest BCUT2D eigenvalue weighted by atomic mass is 10.2. The summed E-state index contributed by atoms with van der Waals surface area (Å²) < 4.78 is 0. The van der Waals surface area contributed by atoms with Gasteiger partial charge in [-0.1, -0.05) is 137 Å². The number of aliphatic carboxylic acids is 1. The predicted molar refractivity (Wildman–Crippen MR) is 143 cm³/mol. The van der Waals surface area contributed by atoms with Gasteiger partial charge < -0.3 is 5.11 Å². The molecule has 2 rings (SSSR count). The molecule has 4 heteroatoms. The van der Waals surface area contributed by atoms with Crippen molar-refractivity contribution in [2.75, 3.05) is 0 Å². The van der Waals surface area contributed by atoms with Gasteiger partial charge >= 0.3 is 5.97 Å².